The van der Waals surface area contributed by atoms with Crippen LogP contribution < -0.4 is 5.73 Å². The van der Waals surface area contributed by atoms with Crippen LogP contribution in [0.1, 0.15) is 47.0 Å². The molecule has 0 aromatic heterocycles. The van der Waals surface area contributed by atoms with Gasteiger partial charge in [0.05, 0.1) is 0 Å². The first-order valence-corrected chi connectivity index (χ1v) is 7.92. The quantitative estimate of drug-likeness (QED) is 0.850. The smallest absolute Gasteiger partial charge is 0.0161 e. The number of nitrogens with two attached hydrogens (primary N) is 1. The highest BCUT2D eigenvalue weighted by molar-refractivity contribution is 4.95. The number of likely N-dealkylation sites (tertiary alicyclic amines) is 2. The van der Waals surface area contributed by atoms with Gasteiger partial charge >= 0.3 is 0 Å². The van der Waals surface area contributed by atoms with Crippen molar-refractivity contribution in [3.05, 3.63) is 0 Å². The normalized spacial score (nSPS) is 31.3. The van der Waals surface area contributed by atoms with Gasteiger partial charge in [-0.05, 0) is 64.6 Å². The van der Waals surface area contributed by atoms with Crippen LogP contribution in [0.5, 0.6) is 0 Å². The van der Waals surface area contributed by atoms with E-state index >= 15 is 0 Å². The SMILES string of the molecule is CN1CCCC2CN(CC(C)(C)C(C)(C)N)CCC21. The lowest BCUT2D eigenvalue weighted by atomic mass is 9.74. The summed E-state index contributed by atoms with van der Waals surface area (Å²) in [6.45, 7) is 13.9. The Balaban J connectivity index is 1.94. The lowest BCUT2D eigenvalue weighted by molar-refractivity contribution is 0.0132. The van der Waals surface area contributed by atoms with E-state index in [1.807, 2.05) is 0 Å². The fraction of sp³-hybridized carbons (Fsp3) is 1.00. The van der Waals surface area contributed by atoms with Crippen LogP contribution in [-0.4, -0.2) is 54.6 Å². The molecular weight excluding hydrogens is 234 g/mol. The van der Waals surface area contributed by atoms with E-state index in [4.69, 9.17) is 5.73 Å². The topological polar surface area (TPSA) is 32.5 Å². The third-order valence-electron chi connectivity index (χ3n) is 5.79. The molecule has 0 radical (unpaired) electrons. The van der Waals surface area contributed by atoms with Gasteiger partial charge in [-0.1, -0.05) is 13.8 Å². The summed E-state index contributed by atoms with van der Waals surface area (Å²) in [6, 6.07) is 0.832. The summed E-state index contributed by atoms with van der Waals surface area (Å²) in [5, 5.41) is 0. The second-order valence-corrected chi connectivity index (χ2v) is 8.08. The van der Waals surface area contributed by atoms with Crippen molar-refractivity contribution in [1.29, 1.82) is 0 Å². The standard InChI is InChI=1S/C16H33N3/c1-15(2,16(3,4)17)12-19-10-8-14-13(11-19)7-6-9-18(14)5/h13-14H,6-12,17H2,1-5H3. The minimum absolute atomic E-state index is 0.118. The first kappa shape index (κ1) is 15.3. The molecule has 2 atom stereocenters. The van der Waals surface area contributed by atoms with Gasteiger partial charge in [0, 0.05) is 24.7 Å². The predicted molar refractivity (Wildman–Crippen MR) is 82.2 cm³/mol. The highest BCUT2D eigenvalue weighted by Gasteiger charge is 2.39. The number of hydrogen-bond donors (Lipinski definition) is 1. The number of piperidine rings is 2. The molecule has 2 aliphatic rings. The van der Waals surface area contributed by atoms with Crippen molar-refractivity contribution in [3.63, 3.8) is 0 Å². The highest BCUT2D eigenvalue weighted by Crippen LogP contribution is 2.34. The number of nitrogens with zero attached hydrogens (tertiary/aromatic N) is 2. The first-order chi connectivity index (χ1) is 8.71. The monoisotopic (exact) mass is 267 g/mol. The van der Waals surface area contributed by atoms with Crippen molar-refractivity contribution in [1.82, 2.24) is 9.80 Å². The van der Waals surface area contributed by atoms with E-state index in [2.05, 4.69) is 44.5 Å². The molecular formula is C16H33N3. The average molecular weight is 267 g/mol. The summed E-state index contributed by atoms with van der Waals surface area (Å²) in [5.41, 5.74) is 6.40. The zero-order chi connectivity index (χ0) is 14.3. The van der Waals surface area contributed by atoms with Crippen molar-refractivity contribution < 1.29 is 0 Å². The minimum Gasteiger partial charge on any atom is -0.325 e. The van der Waals surface area contributed by atoms with Crippen LogP contribution in [-0.2, 0) is 0 Å². The van der Waals surface area contributed by atoms with E-state index in [1.165, 1.54) is 38.9 Å². The second-order valence-electron chi connectivity index (χ2n) is 8.08. The van der Waals surface area contributed by atoms with Crippen LogP contribution in [0.2, 0.25) is 0 Å². The van der Waals surface area contributed by atoms with E-state index in [0.717, 1.165) is 18.5 Å². The highest BCUT2D eigenvalue weighted by atomic mass is 15.2. The minimum atomic E-state index is -0.118. The average Bonchev–Trinajstić information content (AvgIpc) is 2.27. The molecule has 0 amide bonds. The van der Waals surface area contributed by atoms with Crippen LogP contribution in [0.15, 0.2) is 0 Å². The van der Waals surface area contributed by atoms with Gasteiger partial charge in [-0.3, -0.25) is 0 Å². The molecule has 3 nitrogen and oxygen atoms in total. The van der Waals surface area contributed by atoms with Gasteiger partial charge in [-0.2, -0.15) is 0 Å². The van der Waals surface area contributed by atoms with Crippen LogP contribution in [0, 0.1) is 11.3 Å². The zero-order valence-corrected chi connectivity index (χ0v) is 13.6. The van der Waals surface area contributed by atoms with E-state index < -0.39 is 0 Å². The molecule has 2 fully saturated rings. The van der Waals surface area contributed by atoms with Crippen LogP contribution in [0.3, 0.4) is 0 Å². The summed E-state index contributed by atoms with van der Waals surface area (Å²) in [4.78, 5) is 5.25. The summed E-state index contributed by atoms with van der Waals surface area (Å²) in [6.07, 6.45) is 4.12. The molecule has 2 saturated heterocycles. The molecule has 112 valence electrons. The van der Waals surface area contributed by atoms with E-state index in [9.17, 15) is 0 Å². The summed E-state index contributed by atoms with van der Waals surface area (Å²) in [5.74, 6) is 0.879. The fourth-order valence-corrected chi connectivity index (χ4v) is 3.63. The van der Waals surface area contributed by atoms with Crippen LogP contribution >= 0.6 is 0 Å². The van der Waals surface area contributed by atoms with Crippen molar-refractivity contribution in [2.24, 2.45) is 17.1 Å². The lowest BCUT2D eigenvalue weighted by Gasteiger charge is -2.49. The molecule has 2 heterocycles. The Labute approximate surface area is 119 Å². The van der Waals surface area contributed by atoms with Gasteiger partial charge in [0.2, 0.25) is 0 Å². The van der Waals surface area contributed by atoms with Gasteiger partial charge < -0.3 is 15.5 Å². The molecule has 2 rings (SSSR count). The number of rotatable bonds is 3. The van der Waals surface area contributed by atoms with Crippen LogP contribution in [0.25, 0.3) is 0 Å². The Morgan fingerprint density at radius 1 is 1.11 bits per heavy atom. The lowest BCUT2D eigenvalue weighted by Crippen LogP contribution is -2.57. The molecule has 0 aliphatic carbocycles. The molecule has 2 N–H and O–H groups in total. The first-order valence-electron chi connectivity index (χ1n) is 7.92. The Hall–Kier alpha value is -0.120. The maximum atomic E-state index is 6.35. The van der Waals surface area contributed by atoms with E-state index in [1.54, 1.807) is 0 Å². The second kappa shape index (κ2) is 5.34. The number of hydrogen-bond acceptors (Lipinski definition) is 3. The van der Waals surface area contributed by atoms with Crippen molar-refractivity contribution >= 4 is 0 Å². The molecule has 19 heavy (non-hydrogen) atoms. The van der Waals surface area contributed by atoms with E-state index in [0.29, 0.717) is 0 Å². The van der Waals surface area contributed by atoms with Crippen molar-refractivity contribution in [2.45, 2.75) is 58.5 Å². The molecule has 0 spiro atoms. The van der Waals surface area contributed by atoms with Gasteiger partial charge in [0.15, 0.2) is 0 Å². The molecule has 3 heteroatoms. The van der Waals surface area contributed by atoms with Gasteiger partial charge in [0.1, 0.15) is 0 Å². The molecule has 0 aromatic rings. The molecule has 2 unspecified atom stereocenters. The zero-order valence-electron chi connectivity index (χ0n) is 13.6. The maximum Gasteiger partial charge on any atom is 0.0161 e. The van der Waals surface area contributed by atoms with Gasteiger partial charge in [0.25, 0.3) is 0 Å². The molecule has 0 aromatic carbocycles. The molecule has 0 saturated carbocycles. The van der Waals surface area contributed by atoms with Crippen LogP contribution in [0.4, 0.5) is 0 Å². The Morgan fingerprint density at radius 3 is 2.42 bits per heavy atom. The van der Waals surface area contributed by atoms with Gasteiger partial charge in [-0.25, -0.2) is 0 Å². The third kappa shape index (κ3) is 3.32. The van der Waals surface area contributed by atoms with Crippen molar-refractivity contribution in [3.8, 4) is 0 Å². The third-order valence-corrected chi connectivity index (χ3v) is 5.79. The Morgan fingerprint density at radius 2 is 1.79 bits per heavy atom. The summed E-state index contributed by atoms with van der Waals surface area (Å²) in [7, 11) is 2.30. The Kier molecular flexibility index (Phi) is 4.29. The Bertz CT molecular complexity index is 306. The molecule has 0 bridgehead atoms. The van der Waals surface area contributed by atoms with Crippen molar-refractivity contribution in [2.75, 3.05) is 33.2 Å². The van der Waals surface area contributed by atoms with E-state index in [-0.39, 0.29) is 11.0 Å². The number of fused-ring (bicyclic) bond motifs is 1. The van der Waals surface area contributed by atoms with Gasteiger partial charge in [-0.15, -0.1) is 0 Å². The molecule has 2 aliphatic heterocycles. The predicted octanol–water partition coefficient (Wildman–Crippen LogP) is 2.17. The summed E-state index contributed by atoms with van der Waals surface area (Å²) >= 11 is 0. The fourth-order valence-electron chi connectivity index (χ4n) is 3.63. The maximum absolute atomic E-state index is 6.35. The summed E-state index contributed by atoms with van der Waals surface area (Å²) < 4.78 is 0. The largest absolute Gasteiger partial charge is 0.325 e.